The van der Waals surface area contributed by atoms with E-state index in [-0.39, 0.29) is 23.7 Å². The molecule has 4 aromatic rings. The smallest absolute Gasteiger partial charge is 0.347 e. The Kier molecular flexibility index (Phi) is 6.72. The third-order valence-electron chi connectivity index (χ3n) is 9.24. The maximum atomic E-state index is 15.0. The topological polar surface area (TPSA) is 128 Å². The molecular formula is C32H27Cl2N5O6. The van der Waals surface area contributed by atoms with Gasteiger partial charge in [-0.1, -0.05) is 53.5 Å². The molecule has 7 rings (SSSR count). The first-order valence-corrected chi connectivity index (χ1v) is 14.9. The second-order valence-electron chi connectivity index (χ2n) is 11.4. The van der Waals surface area contributed by atoms with E-state index in [1.165, 1.54) is 35.7 Å². The molecule has 0 radical (unpaired) electrons. The van der Waals surface area contributed by atoms with Gasteiger partial charge >= 0.3 is 11.4 Å². The van der Waals surface area contributed by atoms with E-state index in [1.807, 2.05) is 6.08 Å². The van der Waals surface area contributed by atoms with Crippen molar-refractivity contribution in [2.24, 2.45) is 13.0 Å². The van der Waals surface area contributed by atoms with Crippen molar-refractivity contribution in [2.45, 2.75) is 30.3 Å². The van der Waals surface area contributed by atoms with Gasteiger partial charge in [-0.05, 0) is 65.6 Å². The number of carbonyl (C=O) groups excluding carboxylic acids is 2. The molecule has 2 N–H and O–H groups in total. The van der Waals surface area contributed by atoms with Gasteiger partial charge in [-0.3, -0.25) is 15.0 Å². The number of halogens is 2. The fourth-order valence-corrected chi connectivity index (χ4v) is 7.74. The van der Waals surface area contributed by atoms with E-state index < -0.39 is 46.5 Å². The number of phenolic OH excluding ortho intramolecular Hbond substituents is 1. The number of imide groups is 1. The van der Waals surface area contributed by atoms with Gasteiger partial charge in [0, 0.05) is 18.0 Å². The zero-order valence-electron chi connectivity index (χ0n) is 24.1. The Labute approximate surface area is 266 Å². The Morgan fingerprint density at radius 2 is 1.73 bits per heavy atom. The van der Waals surface area contributed by atoms with Crippen LogP contribution in [0.5, 0.6) is 11.5 Å². The number of nitrogens with one attached hydrogen (secondary N) is 1. The van der Waals surface area contributed by atoms with Crippen molar-refractivity contribution in [2.75, 3.05) is 12.5 Å². The molecule has 1 saturated heterocycles. The third-order valence-corrected chi connectivity index (χ3v) is 9.79. The number of benzene rings is 3. The number of rotatable bonds is 5. The van der Waals surface area contributed by atoms with E-state index in [9.17, 15) is 19.5 Å². The highest BCUT2D eigenvalue weighted by Gasteiger charge is 2.68. The average Bonchev–Trinajstić information content (AvgIpc) is 3.38. The number of hydrazine groups is 1. The number of anilines is 1. The number of aromatic hydroxyl groups is 1. The predicted octanol–water partition coefficient (Wildman–Crippen LogP) is 3.99. The number of phenols is 1. The van der Waals surface area contributed by atoms with Crippen LogP contribution in [0, 0.1) is 5.92 Å². The van der Waals surface area contributed by atoms with Crippen LogP contribution in [0.4, 0.5) is 5.69 Å². The number of carbonyl (C=O) groups is 2. The van der Waals surface area contributed by atoms with Crippen molar-refractivity contribution in [3.05, 3.63) is 121 Å². The molecule has 0 unspecified atom stereocenters. The minimum Gasteiger partial charge on any atom is -0.508 e. The van der Waals surface area contributed by atoms with E-state index in [0.29, 0.717) is 33.2 Å². The van der Waals surface area contributed by atoms with E-state index in [0.717, 1.165) is 9.58 Å². The molecule has 3 aliphatic rings. The van der Waals surface area contributed by atoms with Crippen LogP contribution in [0.25, 0.3) is 0 Å². The quantitative estimate of drug-likeness (QED) is 0.248. The van der Waals surface area contributed by atoms with Gasteiger partial charge in [0.25, 0.3) is 11.8 Å². The molecule has 230 valence electrons. The normalized spacial score (nSPS) is 23.7. The van der Waals surface area contributed by atoms with Crippen molar-refractivity contribution in [3.63, 3.8) is 0 Å². The summed E-state index contributed by atoms with van der Waals surface area (Å²) < 4.78 is 9.16. The summed E-state index contributed by atoms with van der Waals surface area (Å²) in [5.41, 5.74) is 2.51. The lowest BCUT2D eigenvalue weighted by molar-refractivity contribution is -0.138. The summed E-state index contributed by atoms with van der Waals surface area (Å²) in [5, 5.41) is 12.2. The van der Waals surface area contributed by atoms with Crippen LogP contribution in [-0.4, -0.2) is 43.0 Å². The van der Waals surface area contributed by atoms with E-state index >= 15 is 4.79 Å². The molecule has 1 saturated carbocycles. The van der Waals surface area contributed by atoms with Crippen LogP contribution in [0.3, 0.4) is 0 Å². The number of nitrogens with zero attached hydrogens (tertiary/aromatic N) is 4. The summed E-state index contributed by atoms with van der Waals surface area (Å²) in [6, 6.07) is 17.5. The lowest BCUT2D eigenvalue weighted by atomic mass is 9.53. The highest BCUT2D eigenvalue weighted by Crippen LogP contribution is 2.62. The van der Waals surface area contributed by atoms with Crippen molar-refractivity contribution < 1.29 is 19.4 Å². The van der Waals surface area contributed by atoms with Crippen LogP contribution >= 0.6 is 23.2 Å². The maximum absolute atomic E-state index is 15.0. The van der Waals surface area contributed by atoms with Crippen molar-refractivity contribution in [1.29, 1.82) is 0 Å². The third kappa shape index (κ3) is 4.10. The second-order valence-corrected chi connectivity index (χ2v) is 12.2. The molecule has 3 heterocycles. The molecule has 4 atom stereocenters. The molecule has 1 aliphatic carbocycles. The van der Waals surface area contributed by atoms with Crippen LogP contribution < -0.4 is 21.5 Å². The highest BCUT2D eigenvalue weighted by atomic mass is 35.5. The lowest BCUT2D eigenvalue weighted by Gasteiger charge is -2.49. The predicted molar refractivity (Wildman–Crippen MR) is 167 cm³/mol. The van der Waals surface area contributed by atoms with E-state index in [4.69, 9.17) is 27.9 Å². The zero-order chi connectivity index (χ0) is 31.8. The number of ether oxygens (including phenoxy) is 1. The monoisotopic (exact) mass is 647 g/mol. The van der Waals surface area contributed by atoms with Gasteiger partial charge < -0.3 is 9.84 Å². The molecule has 11 nitrogen and oxygen atoms in total. The molecular weight excluding hydrogens is 621 g/mol. The highest BCUT2D eigenvalue weighted by molar-refractivity contribution is 6.36. The SMILES string of the molecule is COc1ccc([C@@]23C(=O)N(Nc4ccc(Cl)cc4Cl)C(=O)[C@@H]2C[C@@H]2C(=CCn4c(=O)n(C)c(=O)n42)[C@@H]3c2cccc(O)c2)cc1. The molecule has 2 aliphatic heterocycles. The van der Waals surface area contributed by atoms with Crippen molar-refractivity contribution in [1.82, 2.24) is 18.9 Å². The minimum absolute atomic E-state index is 0.0269. The van der Waals surface area contributed by atoms with Gasteiger partial charge in [0.2, 0.25) is 0 Å². The van der Waals surface area contributed by atoms with E-state index in [2.05, 4.69) is 5.43 Å². The summed E-state index contributed by atoms with van der Waals surface area (Å²) in [7, 11) is 2.94. The second kappa shape index (κ2) is 10.4. The Morgan fingerprint density at radius 3 is 2.42 bits per heavy atom. The van der Waals surface area contributed by atoms with Gasteiger partial charge in [-0.2, -0.15) is 5.01 Å². The summed E-state index contributed by atoms with van der Waals surface area (Å²) >= 11 is 12.6. The molecule has 0 bridgehead atoms. The Morgan fingerprint density at radius 1 is 0.978 bits per heavy atom. The Hall–Kier alpha value is -4.74. The fourth-order valence-electron chi connectivity index (χ4n) is 7.29. The largest absolute Gasteiger partial charge is 0.508 e. The number of methoxy groups -OCH3 is 1. The van der Waals surface area contributed by atoms with Crippen LogP contribution in [0.2, 0.25) is 10.0 Å². The van der Waals surface area contributed by atoms with Gasteiger partial charge in [0.1, 0.15) is 11.5 Å². The Balaban J connectivity index is 1.50. The summed E-state index contributed by atoms with van der Waals surface area (Å²) in [6.45, 7) is 0.0872. The van der Waals surface area contributed by atoms with Gasteiger partial charge in [0.15, 0.2) is 0 Å². The fraction of sp³-hybridized carbons (Fsp3) is 0.250. The molecule has 45 heavy (non-hydrogen) atoms. The first kappa shape index (κ1) is 29.0. The van der Waals surface area contributed by atoms with Gasteiger partial charge in [-0.25, -0.2) is 23.5 Å². The van der Waals surface area contributed by atoms with Crippen molar-refractivity contribution >= 4 is 40.7 Å². The molecule has 2 fully saturated rings. The van der Waals surface area contributed by atoms with Gasteiger partial charge in [0.05, 0.1) is 41.7 Å². The number of amides is 2. The summed E-state index contributed by atoms with van der Waals surface area (Å²) in [6.07, 6.45) is 1.90. The standard InChI is InChI=1S/C32H27Cl2N5O6/c1-36-30(43)37-13-12-22-26(39(37)31(36)44)16-23-28(41)38(35-25-11-8-19(33)15-24(25)34)29(42)32(23,18-6-9-21(45-2)10-7-18)27(22)17-4-3-5-20(40)14-17/h3-12,14-15,23,26-27,35,40H,13,16H2,1-2H3/t23-,26+,27-,32+/m0/s1. The molecule has 1 aromatic heterocycles. The maximum Gasteiger partial charge on any atom is 0.347 e. The van der Waals surface area contributed by atoms with Crippen molar-refractivity contribution in [3.8, 4) is 11.5 Å². The number of fused-ring (bicyclic) bond motifs is 4. The Bertz CT molecular complexity index is 2050. The molecule has 0 spiro atoms. The minimum atomic E-state index is -1.52. The van der Waals surface area contributed by atoms with Crippen LogP contribution in [0.1, 0.15) is 29.5 Å². The zero-order valence-corrected chi connectivity index (χ0v) is 25.6. The lowest BCUT2D eigenvalue weighted by Crippen LogP contribution is -2.53. The molecule has 3 aromatic carbocycles. The van der Waals surface area contributed by atoms with Crippen LogP contribution in [-0.2, 0) is 28.6 Å². The van der Waals surface area contributed by atoms with E-state index in [1.54, 1.807) is 54.6 Å². The number of hydrogen-bond donors (Lipinski definition) is 2. The first-order valence-electron chi connectivity index (χ1n) is 14.2. The number of allylic oxidation sites excluding steroid dienone is 2. The summed E-state index contributed by atoms with van der Waals surface area (Å²) in [4.78, 5) is 56.0. The molecule has 2 amide bonds. The van der Waals surface area contributed by atoms with Gasteiger partial charge in [-0.15, -0.1) is 0 Å². The number of aromatic nitrogens is 3. The van der Waals surface area contributed by atoms with Crippen LogP contribution in [0.15, 0.2) is 88.0 Å². The first-order chi connectivity index (χ1) is 21.6. The number of hydrogen-bond acceptors (Lipinski definition) is 7. The summed E-state index contributed by atoms with van der Waals surface area (Å²) in [5.74, 6) is -2.35. The molecule has 13 heteroatoms. The average molecular weight is 649 g/mol.